The summed E-state index contributed by atoms with van der Waals surface area (Å²) in [5.41, 5.74) is 0. The van der Waals surface area contributed by atoms with Crippen LogP contribution in [0, 0.1) is 0 Å². The van der Waals surface area contributed by atoms with Crippen LogP contribution < -0.4 is 10.6 Å². The zero-order valence-corrected chi connectivity index (χ0v) is 13.0. The summed E-state index contributed by atoms with van der Waals surface area (Å²) in [7, 11) is 0. The Hall–Kier alpha value is -2.05. The summed E-state index contributed by atoms with van der Waals surface area (Å²) < 4.78 is 5.18. The number of piperazine rings is 1. The molecule has 120 valence electrons. The highest BCUT2D eigenvalue weighted by molar-refractivity contribution is 5.92. The number of carbonyl (C=O) groups is 2. The highest BCUT2D eigenvalue weighted by Crippen LogP contribution is 2.26. The van der Waals surface area contributed by atoms with Crippen LogP contribution in [0.3, 0.4) is 0 Å². The van der Waals surface area contributed by atoms with E-state index in [0.29, 0.717) is 5.82 Å². The number of anilines is 1. The van der Waals surface area contributed by atoms with Gasteiger partial charge in [0.25, 0.3) is 0 Å². The van der Waals surface area contributed by atoms with Crippen molar-refractivity contribution in [1.82, 2.24) is 15.4 Å². The largest absolute Gasteiger partial charge is 0.359 e. The Bertz CT molecular complexity index is 569. The van der Waals surface area contributed by atoms with Gasteiger partial charge < -0.3 is 14.7 Å². The zero-order chi connectivity index (χ0) is 15.7. The second kappa shape index (κ2) is 5.98. The van der Waals surface area contributed by atoms with E-state index < -0.39 is 0 Å². The lowest BCUT2D eigenvalue weighted by Crippen LogP contribution is -2.63. The van der Waals surface area contributed by atoms with Crippen molar-refractivity contribution in [3.05, 3.63) is 11.8 Å². The van der Waals surface area contributed by atoms with Gasteiger partial charge in [0.05, 0.1) is 6.04 Å². The van der Waals surface area contributed by atoms with Crippen LogP contribution in [0.1, 0.15) is 51.2 Å². The molecule has 7 nitrogen and oxygen atoms in total. The van der Waals surface area contributed by atoms with Gasteiger partial charge in [-0.25, -0.2) is 4.79 Å². The molecule has 1 aromatic rings. The number of hydrogen-bond donors (Lipinski definition) is 2. The second-order valence-corrected chi connectivity index (χ2v) is 6.35. The topological polar surface area (TPSA) is 87.5 Å². The molecule has 0 aromatic carbocycles. The molecule has 0 spiro atoms. The summed E-state index contributed by atoms with van der Waals surface area (Å²) in [5, 5.41) is 9.60. The molecule has 2 N–H and O–H groups in total. The van der Waals surface area contributed by atoms with Gasteiger partial charge >= 0.3 is 6.03 Å². The minimum Gasteiger partial charge on any atom is -0.359 e. The third-order valence-electron chi connectivity index (χ3n) is 4.38. The molecule has 1 saturated carbocycles. The lowest BCUT2D eigenvalue weighted by atomic mass is 9.87. The molecule has 1 aliphatic heterocycles. The number of urea groups is 1. The molecule has 1 aromatic heterocycles. The molecule has 1 saturated heterocycles. The minimum absolute atomic E-state index is 0.0721. The standard InChI is InChI=1S/C15H22N4O3/c1-9(2)12-7-13(18-22-12)17-15(21)19-8-14(20)16-10-5-3-4-6-11(10)19/h7,9-11H,3-6,8H2,1-2H3,(H,16,20)(H,17,18,21)/t10-,11+/m1/s1. The monoisotopic (exact) mass is 306 g/mol. The maximum Gasteiger partial charge on any atom is 0.323 e. The van der Waals surface area contributed by atoms with Gasteiger partial charge in [0.2, 0.25) is 5.91 Å². The first-order valence-electron chi connectivity index (χ1n) is 7.88. The fraction of sp³-hybridized carbons (Fsp3) is 0.667. The second-order valence-electron chi connectivity index (χ2n) is 6.35. The van der Waals surface area contributed by atoms with Crippen LogP contribution in [-0.4, -0.2) is 40.6 Å². The lowest BCUT2D eigenvalue weighted by molar-refractivity contribution is -0.126. The van der Waals surface area contributed by atoms with Crippen molar-refractivity contribution in [2.45, 2.75) is 57.5 Å². The Morgan fingerprint density at radius 2 is 2.23 bits per heavy atom. The maximum atomic E-state index is 12.5. The van der Waals surface area contributed by atoms with Gasteiger partial charge in [-0.05, 0) is 12.8 Å². The Labute approximate surface area is 129 Å². The van der Waals surface area contributed by atoms with Crippen molar-refractivity contribution in [3.8, 4) is 0 Å². The molecule has 2 heterocycles. The summed E-state index contributed by atoms with van der Waals surface area (Å²) >= 11 is 0. The number of rotatable bonds is 2. The summed E-state index contributed by atoms with van der Waals surface area (Å²) in [6.07, 6.45) is 4.04. The van der Waals surface area contributed by atoms with E-state index in [2.05, 4.69) is 15.8 Å². The lowest BCUT2D eigenvalue weighted by Gasteiger charge is -2.43. The number of nitrogens with one attached hydrogen (secondary N) is 2. The highest BCUT2D eigenvalue weighted by atomic mass is 16.5. The van der Waals surface area contributed by atoms with Gasteiger partial charge in [0.1, 0.15) is 12.3 Å². The van der Waals surface area contributed by atoms with E-state index in [0.717, 1.165) is 31.4 Å². The third-order valence-corrected chi connectivity index (χ3v) is 4.38. The first-order chi connectivity index (χ1) is 10.5. The van der Waals surface area contributed by atoms with Crippen molar-refractivity contribution >= 4 is 17.8 Å². The molecule has 2 atom stereocenters. The van der Waals surface area contributed by atoms with Gasteiger partial charge in [-0.1, -0.05) is 31.8 Å². The number of aromatic nitrogens is 1. The van der Waals surface area contributed by atoms with Gasteiger partial charge in [-0.3, -0.25) is 10.1 Å². The van der Waals surface area contributed by atoms with Crippen LogP contribution in [0.5, 0.6) is 0 Å². The van der Waals surface area contributed by atoms with Crippen LogP contribution in [-0.2, 0) is 4.79 Å². The molecule has 3 amide bonds. The summed E-state index contributed by atoms with van der Waals surface area (Å²) in [4.78, 5) is 25.9. The Morgan fingerprint density at radius 3 is 2.95 bits per heavy atom. The molecule has 3 rings (SSSR count). The van der Waals surface area contributed by atoms with Crippen LogP contribution in [0.4, 0.5) is 10.6 Å². The maximum absolute atomic E-state index is 12.5. The normalized spacial score (nSPS) is 24.9. The van der Waals surface area contributed by atoms with Crippen LogP contribution in [0.2, 0.25) is 0 Å². The molecule has 2 fully saturated rings. The first-order valence-corrected chi connectivity index (χ1v) is 7.88. The van der Waals surface area contributed by atoms with E-state index in [4.69, 9.17) is 4.52 Å². The molecular weight excluding hydrogens is 284 g/mol. The number of fused-ring (bicyclic) bond motifs is 1. The third kappa shape index (κ3) is 2.93. The molecule has 7 heteroatoms. The molecule has 2 aliphatic rings. The van der Waals surface area contributed by atoms with Gasteiger partial charge in [0.15, 0.2) is 5.82 Å². The van der Waals surface area contributed by atoms with E-state index in [1.165, 1.54) is 0 Å². The average Bonchev–Trinajstić information content (AvgIpc) is 2.95. The summed E-state index contributed by atoms with van der Waals surface area (Å²) in [6.45, 7) is 4.09. The SMILES string of the molecule is CC(C)c1cc(NC(=O)N2CC(=O)N[C@@H]3CCCC[C@@H]32)no1. The van der Waals surface area contributed by atoms with Gasteiger partial charge in [-0.15, -0.1) is 0 Å². The predicted octanol–water partition coefficient (Wildman–Crippen LogP) is 2.07. The first kappa shape index (κ1) is 14.9. The van der Waals surface area contributed by atoms with E-state index in [-0.39, 0.29) is 36.5 Å². The van der Waals surface area contributed by atoms with Crippen molar-refractivity contribution in [3.63, 3.8) is 0 Å². The molecule has 1 aliphatic carbocycles. The summed E-state index contributed by atoms with van der Waals surface area (Å²) in [6, 6.07) is 1.59. The molecule has 0 bridgehead atoms. The van der Waals surface area contributed by atoms with E-state index >= 15 is 0 Å². The number of amides is 3. The highest BCUT2D eigenvalue weighted by Gasteiger charge is 2.39. The van der Waals surface area contributed by atoms with Crippen LogP contribution >= 0.6 is 0 Å². The van der Waals surface area contributed by atoms with Crippen molar-refractivity contribution < 1.29 is 14.1 Å². The van der Waals surface area contributed by atoms with Crippen molar-refractivity contribution in [2.24, 2.45) is 0 Å². The van der Waals surface area contributed by atoms with Crippen molar-refractivity contribution in [2.75, 3.05) is 11.9 Å². The Kier molecular flexibility index (Phi) is 4.04. The number of hydrogen-bond acceptors (Lipinski definition) is 4. The fourth-order valence-electron chi connectivity index (χ4n) is 3.20. The quantitative estimate of drug-likeness (QED) is 0.875. The molecular formula is C15H22N4O3. The fourth-order valence-corrected chi connectivity index (χ4v) is 3.20. The number of carbonyl (C=O) groups excluding carboxylic acids is 2. The molecule has 0 radical (unpaired) electrons. The van der Waals surface area contributed by atoms with Crippen molar-refractivity contribution in [1.29, 1.82) is 0 Å². The average molecular weight is 306 g/mol. The van der Waals surface area contributed by atoms with Crippen LogP contribution in [0.25, 0.3) is 0 Å². The predicted molar refractivity (Wildman–Crippen MR) is 80.5 cm³/mol. The number of nitrogens with zero attached hydrogens (tertiary/aromatic N) is 2. The summed E-state index contributed by atoms with van der Waals surface area (Å²) in [5.74, 6) is 1.23. The zero-order valence-electron chi connectivity index (χ0n) is 13.0. The molecule has 22 heavy (non-hydrogen) atoms. The van der Waals surface area contributed by atoms with E-state index in [1.54, 1.807) is 11.0 Å². The Morgan fingerprint density at radius 1 is 1.45 bits per heavy atom. The van der Waals surface area contributed by atoms with E-state index in [1.807, 2.05) is 13.8 Å². The molecule has 0 unspecified atom stereocenters. The van der Waals surface area contributed by atoms with Gasteiger partial charge in [-0.2, -0.15) is 0 Å². The van der Waals surface area contributed by atoms with Crippen LogP contribution in [0.15, 0.2) is 10.6 Å². The Balaban J connectivity index is 1.70. The minimum atomic E-state index is -0.282. The van der Waals surface area contributed by atoms with Gasteiger partial charge in [0, 0.05) is 18.0 Å². The smallest absolute Gasteiger partial charge is 0.323 e. The van der Waals surface area contributed by atoms with E-state index in [9.17, 15) is 9.59 Å².